The first kappa shape index (κ1) is 9.64. The molecule has 0 unspecified atom stereocenters. The minimum Gasteiger partial charge on any atom is -0.334 e. The van der Waals surface area contributed by atoms with Crippen molar-refractivity contribution >= 4 is 5.57 Å². The summed E-state index contributed by atoms with van der Waals surface area (Å²) in [6, 6.07) is 0. The van der Waals surface area contributed by atoms with Crippen molar-refractivity contribution in [2.24, 2.45) is 7.05 Å². The van der Waals surface area contributed by atoms with Crippen molar-refractivity contribution in [3.05, 3.63) is 24.4 Å². The van der Waals surface area contributed by atoms with E-state index in [9.17, 15) is 0 Å². The van der Waals surface area contributed by atoms with E-state index in [1.165, 1.54) is 0 Å². The molecule has 2 aromatic heterocycles. The number of aromatic nitrogens is 4. The zero-order chi connectivity index (χ0) is 10.8. The largest absolute Gasteiger partial charge is 0.334 e. The fourth-order valence-corrected chi connectivity index (χ4v) is 1.16. The van der Waals surface area contributed by atoms with Crippen LogP contribution >= 0.6 is 0 Å². The SMILES string of the molecule is C/C=C(\C)c1nc(-c2cnn(C)c2)no1. The first-order valence-corrected chi connectivity index (χ1v) is 4.66. The highest BCUT2D eigenvalue weighted by atomic mass is 16.5. The topological polar surface area (TPSA) is 56.7 Å². The summed E-state index contributed by atoms with van der Waals surface area (Å²) in [5, 5.41) is 7.94. The van der Waals surface area contributed by atoms with E-state index in [0.29, 0.717) is 11.7 Å². The first-order valence-electron chi connectivity index (χ1n) is 4.66. The maximum atomic E-state index is 5.11. The molecule has 0 amide bonds. The van der Waals surface area contributed by atoms with Crippen molar-refractivity contribution in [1.82, 2.24) is 19.9 Å². The minimum atomic E-state index is 0.552. The zero-order valence-electron chi connectivity index (χ0n) is 8.93. The second-order valence-electron chi connectivity index (χ2n) is 3.30. The number of hydrogen-bond donors (Lipinski definition) is 0. The van der Waals surface area contributed by atoms with Crippen LogP contribution < -0.4 is 0 Å². The van der Waals surface area contributed by atoms with Gasteiger partial charge in [0.1, 0.15) is 0 Å². The van der Waals surface area contributed by atoms with Crippen LogP contribution in [0.2, 0.25) is 0 Å². The molecule has 78 valence electrons. The smallest absolute Gasteiger partial charge is 0.253 e. The Balaban J connectivity index is 2.35. The Kier molecular flexibility index (Phi) is 2.37. The highest BCUT2D eigenvalue weighted by Gasteiger charge is 2.10. The maximum absolute atomic E-state index is 5.11. The standard InChI is InChI=1S/C10H12N4O/c1-4-7(2)10-12-9(13-15-10)8-5-11-14(3)6-8/h4-6H,1-3H3/b7-4+. The molecule has 2 aromatic rings. The van der Waals surface area contributed by atoms with Gasteiger partial charge in [0, 0.05) is 18.8 Å². The van der Waals surface area contributed by atoms with Gasteiger partial charge in [-0.2, -0.15) is 10.1 Å². The van der Waals surface area contributed by atoms with Crippen LogP contribution in [0.4, 0.5) is 0 Å². The van der Waals surface area contributed by atoms with Crippen LogP contribution in [0.25, 0.3) is 17.0 Å². The molecule has 0 saturated heterocycles. The highest BCUT2D eigenvalue weighted by Crippen LogP contribution is 2.17. The maximum Gasteiger partial charge on any atom is 0.253 e. The molecule has 0 aliphatic heterocycles. The van der Waals surface area contributed by atoms with Crippen LogP contribution in [-0.2, 0) is 7.05 Å². The van der Waals surface area contributed by atoms with Gasteiger partial charge in [-0.1, -0.05) is 11.2 Å². The van der Waals surface area contributed by atoms with E-state index in [2.05, 4.69) is 15.2 Å². The van der Waals surface area contributed by atoms with Crippen LogP contribution in [0, 0.1) is 0 Å². The van der Waals surface area contributed by atoms with Crippen LogP contribution in [-0.4, -0.2) is 19.9 Å². The van der Waals surface area contributed by atoms with E-state index in [4.69, 9.17) is 4.52 Å². The molecule has 5 heteroatoms. The molecular formula is C10H12N4O. The van der Waals surface area contributed by atoms with Gasteiger partial charge < -0.3 is 4.52 Å². The van der Waals surface area contributed by atoms with Gasteiger partial charge in [-0.3, -0.25) is 4.68 Å². The van der Waals surface area contributed by atoms with Crippen LogP contribution in [0.5, 0.6) is 0 Å². The predicted octanol–water partition coefficient (Wildman–Crippen LogP) is 1.89. The predicted molar refractivity (Wildman–Crippen MR) is 55.8 cm³/mol. The summed E-state index contributed by atoms with van der Waals surface area (Å²) in [6.07, 6.45) is 5.49. The normalized spacial score (nSPS) is 12.1. The Morgan fingerprint density at radius 3 is 2.93 bits per heavy atom. The van der Waals surface area contributed by atoms with Crippen molar-refractivity contribution in [1.29, 1.82) is 0 Å². The summed E-state index contributed by atoms with van der Waals surface area (Å²) in [4.78, 5) is 4.27. The summed E-state index contributed by atoms with van der Waals surface area (Å²) in [5.41, 5.74) is 1.83. The molecule has 0 radical (unpaired) electrons. The van der Waals surface area contributed by atoms with Gasteiger partial charge in [-0.15, -0.1) is 0 Å². The van der Waals surface area contributed by atoms with Crippen molar-refractivity contribution in [3.8, 4) is 11.4 Å². The van der Waals surface area contributed by atoms with Crippen molar-refractivity contribution in [2.45, 2.75) is 13.8 Å². The van der Waals surface area contributed by atoms with Crippen LogP contribution in [0.15, 0.2) is 23.0 Å². The number of rotatable bonds is 2. The van der Waals surface area contributed by atoms with E-state index in [-0.39, 0.29) is 0 Å². The molecule has 0 saturated carbocycles. The third-order valence-electron chi connectivity index (χ3n) is 2.16. The Morgan fingerprint density at radius 2 is 2.33 bits per heavy atom. The zero-order valence-corrected chi connectivity index (χ0v) is 8.93. The Hall–Kier alpha value is -1.91. The Labute approximate surface area is 87.4 Å². The fourth-order valence-electron chi connectivity index (χ4n) is 1.16. The molecular weight excluding hydrogens is 192 g/mol. The Morgan fingerprint density at radius 1 is 1.53 bits per heavy atom. The van der Waals surface area contributed by atoms with Gasteiger partial charge in [0.25, 0.3) is 5.89 Å². The highest BCUT2D eigenvalue weighted by molar-refractivity contribution is 5.59. The average molecular weight is 204 g/mol. The van der Waals surface area contributed by atoms with E-state index in [0.717, 1.165) is 11.1 Å². The quantitative estimate of drug-likeness (QED) is 0.749. The lowest BCUT2D eigenvalue weighted by molar-refractivity contribution is 0.408. The number of allylic oxidation sites excluding steroid dienone is 2. The fraction of sp³-hybridized carbons (Fsp3) is 0.300. The summed E-state index contributed by atoms with van der Waals surface area (Å²) in [5.74, 6) is 1.12. The molecule has 0 N–H and O–H groups in total. The average Bonchev–Trinajstić information content (AvgIpc) is 2.84. The van der Waals surface area contributed by atoms with Crippen molar-refractivity contribution in [3.63, 3.8) is 0 Å². The number of hydrogen-bond acceptors (Lipinski definition) is 4. The van der Waals surface area contributed by atoms with Crippen LogP contribution in [0.1, 0.15) is 19.7 Å². The van der Waals surface area contributed by atoms with Crippen molar-refractivity contribution < 1.29 is 4.52 Å². The second kappa shape index (κ2) is 3.68. The molecule has 2 heterocycles. The molecule has 0 aliphatic carbocycles. The summed E-state index contributed by atoms with van der Waals surface area (Å²) >= 11 is 0. The monoisotopic (exact) mass is 204 g/mol. The molecule has 0 spiro atoms. The molecule has 0 fully saturated rings. The molecule has 0 bridgehead atoms. The molecule has 2 rings (SSSR count). The molecule has 0 aliphatic rings. The van der Waals surface area contributed by atoms with E-state index in [1.54, 1.807) is 10.9 Å². The van der Waals surface area contributed by atoms with Crippen molar-refractivity contribution in [2.75, 3.05) is 0 Å². The molecule has 0 aromatic carbocycles. The van der Waals surface area contributed by atoms with Gasteiger partial charge in [-0.05, 0) is 13.8 Å². The summed E-state index contributed by atoms with van der Waals surface area (Å²) in [6.45, 7) is 3.86. The Bertz CT molecular complexity index is 495. The van der Waals surface area contributed by atoms with Gasteiger partial charge >= 0.3 is 0 Å². The molecule has 0 atom stereocenters. The van der Waals surface area contributed by atoms with E-state index in [1.807, 2.05) is 33.2 Å². The molecule has 5 nitrogen and oxygen atoms in total. The summed E-state index contributed by atoms with van der Waals surface area (Å²) < 4.78 is 6.82. The molecule has 15 heavy (non-hydrogen) atoms. The second-order valence-corrected chi connectivity index (χ2v) is 3.30. The lowest BCUT2D eigenvalue weighted by atomic mass is 10.3. The lowest BCUT2D eigenvalue weighted by Gasteiger charge is -1.87. The van der Waals surface area contributed by atoms with Gasteiger partial charge in [0.15, 0.2) is 0 Å². The van der Waals surface area contributed by atoms with Crippen LogP contribution in [0.3, 0.4) is 0 Å². The third kappa shape index (κ3) is 1.81. The van der Waals surface area contributed by atoms with E-state index < -0.39 is 0 Å². The number of aryl methyl sites for hydroxylation is 1. The van der Waals surface area contributed by atoms with E-state index >= 15 is 0 Å². The van der Waals surface area contributed by atoms with Gasteiger partial charge in [0.05, 0.1) is 11.8 Å². The minimum absolute atomic E-state index is 0.552. The number of nitrogens with zero attached hydrogens (tertiary/aromatic N) is 4. The summed E-state index contributed by atoms with van der Waals surface area (Å²) in [7, 11) is 1.85. The van der Waals surface area contributed by atoms with Gasteiger partial charge in [-0.25, -0.2) is 0 Å². The third-order valence-corrected chi connectivity index (χ3v) is 2.16. The van der Waals surface area contributed by atoms with Gasteiger partial charge in [0.2, 0.25) is 5.82 Å². The lowest BCUT2D eigenvalue weighted by Crippen LogP contribution is -1.84. The first-order chi connectivity index (χ1) is 7.20.